The van der Waals surface area contributed by atoms with Crippen LogP contribution in [0.2, 0.25) is 0 Å². The highest BCUT2D eigenvalue weighted by atomic mass is 79.9. The summed E-state index contributed by atoms with van der Waals surface area (Å²) in [7, 11) is 0.419. The van der Waals surface area contributed by atoms with Crippen molar-refractivity contribution >= 4 is 46.5 Å². The zero-order valence-corrected chi connectivity index (χ0v) is 10.6. The van der Waals surface area contributed by atoms with Crippen LogP contribution in [0.3, 0.4) is 0 Å². The fourth-order valence-corrected chi connectivity index (χ4v) is 2.30. The van der Waals surface area contributed by atoms with E-state index in [1.54, 1.807) is 12.1 Å². The van der Waals surface area contributed by atoms with Crippen LogP contribution in [0.5, 0.6) is 0 Å². The van der Waals surface area contributed by atoms with Gasteiger partial charge in [0.25, 0.3) is 0 Å². The Kier molecular flexibility index (Phi) is 2.89. The number of rotatable bonds is 1. The van der Waals surface area contributed by atoms with E-state index in [9.17, 15) is 4.39 Å². The van der Waals surface area contributed by atoms with E-state index in [2.05, 4.69) is 20.9 Å². The predicted molar refractivity (Wildman–Crippen MR) is 67.7 cm³/mol. The summed E-state index contributed by atoms with van der Waals surface area (Å²) in [5, 5.41) is 1.45. The van der Waals surface area contributed by atoms with Gasteiger partial charge in [-0.05, 0) is 40.8 Å². The number of pyridine rings is 1. The molecule has 0 saturated carbocycles. The lowest BCUT2D eigenvalue weighted by molar-refractivity contribution is 0.638. The largest absolute Gasteiger partial charge is 0.383 e. The third-order valence-corrected chi connectivity index (χ3v) is 3.71. The lowest BCUT2D eigenvalue weighted by Gasteiger charge is -2.05. The summed E-state index contributed by atoms with van der Waals surface area (Å²) in [6.07, 6.45) is 0. The normalized spacial score (nSPS) is 11.7. The maximum atomic E-state index is 13.5. The first-order chi connectivity index (χ1) is 7.11. The first-order valence-corrected chi connectivity index (χ1v) is 6.64. The number of hydrogen-bond acceptors (Lipinski definition) is 2. The molecule has 1 heterocycles. The molecule has 0 aliphatic carbocycles. The van der Waals surface area contributed by atoms with E-state index in [0.29, 0.717) is 24.2 Å². The van der Waals surface area contributed by atoms with Crippen molar-refractivity contribution in [3.8, 4) is 0 Å². The third kappa shape index (κ3) is 1.97. The molecule has 0 fully saturated rings. The summed E-state index contributed by atoms with van der Waals surface area (Å²) in [4.78, 5) is 4.19. The Bertz CT molecular complexity index is 530. The summed E-state index contributed by atoms with van der Waals surface area (Å²) in [5.74, 6) is 0.251. The van der Waals surface area contributed by atoms with Crippen LogP contribution in [0.4, 0.5) is 10.2 Å². The second-order valence-electron chi connectivity index (χ2n) is 3.13. The van der Waals surface area contributed by atoms with E-state index in [4.69, 9.17) is 5.73 Å². The SMILES string of the molecule is CPc1cc2nc(N)c(Br)cc2cc1F. The molecule has 1 aromatic heterocycles. The minimum atomic E-state index is -0.179. The van der Waals surface area contributed by atoms with Crippen LogP contribution < -0.4 is 11.0 Å². The average molecular weight is 287 g/mol. The minimum Gasteiger partial charge on any atom is -0.383 e. The molecule has 0 spiro atoms. The first-order valence-electron chi connectivity index (χ1n) is 4.35. The molecule has 0 bridgehead atoms. The van der Waals surface area contributed by atoms with Gasteiger partial charge in [-0.25, -0.2) is 9.37 Å². The maximum Gasteiger partial charge on any atom is 0.138 e. The molecular weight excluding hydrogens is 278 g/mol. The van der Waals surface area contributed by atoms with Crippen LogP contribution in [-0.4, -0.2) is 11.6 Å². The van der Waals surface area contributed by atoms with Crippen molar-refractivity contribution in [2.75, 3.05) is 12.4 Å². The second-order valence-corrected chi connectivity index (χ2v) is 5.02. The average Bonchev–Trinajstić information content (AvgIpc) is 2.20. The molecule has 78 valence electrons. The number of nitrogen functional groups attached to an aromatic ring is 1. The summed E-state index contributed by atoms with van der Waals surface area (Å²) in [5.41, 5.74) is 6.40. The minimum absolute atomic E-state index is 0.179. The lowest BCUT2D eigenvalue weighted by atomic mass is 10.2. The summed E-state index contributed by atoms with van der Waals surface area (Å²) in [6, 6.07) is 5.04. The van der Waals surface area contributed by atoms with Gasteiger partial charge in [-0.1, -0.05) is 8.58 Å². The summed E-state index contributed by atoms with van der Waals surface area (Å²) < 4.78 is 14.2. The summed E-state index contributed by atoms with van der Waals surface area (Å²) in [6.45, 7) is 1.94. The van der Waals surface area contributed by atoms with E-state index >= 15 is 0 Å². The lowest BCUT2D eigenvalue weighted by Crippen LogP contribution is -2.02. The van der Waals surface area contributed by atoms with Gasteiger partial charge in [0.2, 0.25) is 0 Å². The molecular formula is C10H9BrFN2P. The number of halogens is 2. The number of aromatic nitrogens is 1. The second kappa shape index (κ2) is 4.03. The Morgan fingerprint density at radius 3 is 2.80 bits per heavy atom. The van der Waals surface area contributed by atoms with Gasteiger partial charge in [0.05, 0.1) is 9.99 Å². The van der Waals surface area contributed by atoms with Crippen LogP contribution >= 0.6 is 24.5 Å². The van der Waals surface area contributed by atoms with Crippen LogP contribution in [0.25, 0.3) is 10.9 Å². The van der Waals surface area contributed by atoms with Crippen LogP contribution in [-0.2, 0) is 0 Å². The number of nitrogens with zero attached hydrogens (tertiary/aromatic N) is 1. The fraction of sp³-hybridized carbons (Fsp3) is 0.100. The first kappa shape index (κ1) is 10.8. The van der Waals surface area contributed by atoms with E-state index < -0.39 is 0 Å². The Labute approximate surface area is 97.0 Å². The molecule has 5 heteroatoms. The fourth-order valence-electron chi connectivity index (χ4n) is 1.37. The van der Waals surface area contributed by atoms with Gasteiger partial charge < -0.3 is 5.73 Å². The zero-order valence-electron chi connectivity index (χ0n) is 8.01. The Hall–Kier alpha value is -0.730. The molecule has 0 aliphatic rings. The van der Waals surface area contributed by atoms with E-state index in [1.807, 2.05) is 6.66 Å². The number of fused-ring (bicyclic) bond motifs is 1. The zero-order chi connectivity index (χ0) is 11.0. The van der Waals surface area contributed by atoms with E-state index in [-0.39, 0.29) is 5.82 Å². The molecule has 2 aromatic rings. The molecule has 2 N–H and O–H groups in total. The van der Waals surface area contributed by atoms with Gasteiger partial charge in [-0.2, -0.15) is 0 Å². The standard InChI is InChI=1S/C10H9BrFN2P/c1-15-9-4-8-5(3-7(9)12)2-6(11)10(13)14-8/h2-4,15H,1H3,(H2,13,14). The van der Waals surface area contributed by atoms with Crippen molar-refractivity contribution in [1.29, 1.82) is 0 Å². The number of nitrogens with two attached hydrogens (primary N) is 1. The smallest absolute Gasteiger partial charge is 0.138 e. The number of hydrogen-bond donors (Lipinski definition) is 1. The van der Waals surface area contributed by atoms with Crippen molar-refractivity contribution in [3.63, 3.8) is 0 Å². The quantitative estimate of drug-likeness (QED) is 0.819. The Morgan fingerprint density at radius 2 is 2.13 bits per heavy atom. The van der Waals surface area contributed by atoms with Crippen LogP contribution in [0.1, 0.15) is 0 Å². The predicted octanol–water partition coefficient (Wildman–Crippen LogP) is 2.65. The number of benzene rings is 1. The molecule has 2 nitrogen and oxygen atoms in total. The van der Waals surface area contributed by atoms with Gasteiger partial charge in [0.15, 0.2) is 0 Å². The highest BCUT2D eigenvalue weighted by Crippen LogP contribution is 2.24. The molecule has 0 aliphatic heterocycles. The van der Waals surface area contributed by atoms with E-state index in [0.717, 1.165) is 10.9 Å². The molecule has 0 amide bonds. The van der Waals surface area contributed by atoms with Gasteiger partial charge in [0, 0.05) is 10.7 Å². The number of anilines is 1. The van der Waals surface area contributed by atoms with E-state index in [1.165, 1.54) is 6.07 Å². The Balaban J connectivity index is 2.76. The topological polar surface area (TPSA) is 38.9 Å². The van der Waals surface area contributed by atoms with Crippen molar-refractivity contribution < 1.29 is 4.39 Å². The molecule has 0 saturated heterocycles. The third-order valence-electron chi connectivity index (χ3n) is 2.15. The van der Waals surface area contributed by atoms with Gasteiger partial charge >= 0.3 is 0 Å². The van der Waals surface area contributed by atoms with Crippen LogP contribution in [0, 0.1) is 5.82 Å². The Morgan fingerprint density at radius 1 is 1.40 bits per heavy atom. The molecule has 1 atom stereocenters. The molecule has 0 radical (unpaired) electrons. The van der Waals surface area contributed by atoms with Gasteiger partial charge in [-0.15, -0.1) is 0 Å². The van der Waals surface area contributed by atoms with Gasteiger partial charge in [0.1, 0.15) is 11.6 Å². The maximum absolute atomic E-state index is 13.5. The van der Waals surface area contributed by atoms with Crippen molar-refractivity contribution in [1.82, 2.24) is 4.98 Å². The summed E-state index contributed by atoms with van der Waals surface area (Å²) >= 11 is 3.27. The van der Waals surface area contributed by atoms with Crippen molar-refractivity contribution in [2.45, 2.75) is 0 Å². The van der Waals surface area contributed by atoms with Crippen molar-refractivity contribution in [2.24, 2.45) is 0 Å². The van der Waals surface area contributed by atoms with Crippen LogP contribution in [0.15, 0.2) is 22.7 Å². The van der Waals surface area contributed by atoms with Crippen molar-refractivity contribution in [3.05, 3.63) is 28.5 Å². The molecule has 1 unspecified atom stereocenters. The highest BCUT2D eigenvalue weighted by Gasteiger charge is 2.06. The van der Waals surface area contributed by atoms with Gasteiger partial charge in [-0.3, -0.25) is 0 Å². The molecule has 1 aromatic carbocycles. The monoisotopic (exact) mass is 286 g/mol. The molecule has 2 rings (SSSR count). The molecule has 15 heavy (non-hydrogen) atoms. The highest BCUT2D eigenvalue weighted by molar-refractivity contribution is 9.10.